The van der Waals surface area contributed by atoms with E-state index < -0.39 is 0 Å². The summed E-state index contributed by atoms with van der Waals surface area (Å²) in [5, 5.41) is 4.12. The standard InChI is InChI=1S/C12H15N3O/c1-9(2)10-5-4-6-11(12(10)16-3)15-8-13-7-14-15/h4-9H,1-3H3. The van der Waals surface area contributed by atoms with Gasteiger partial charge in [0.25, 0.3) is 0 Å². The van der Waals surface area contributed by atoms with Gasteiger partial charge in [-0.15, -0.1) is 0 Å². The molecule has 0 radical (unpaired) electrons. The van der Waals surface area contributed by atoms with E-state index in [1.54, 1.807) is 18.1 Å². The van der Waals surface area contributed by atoms with Crippen LogP contribution in [0.2, 0.25) is 0 Å². The van der Waals surface area contributed by atoms with Crippen molar-refractivity contribution in [3.63, 3.8) is 0 Å². The van der Waals surface area contributed by atoms with E-state index in [-0.39, 0.29) is 0 Å². The lowest BCUT2D eigenvalue weighted by atomic mass is 10.0. The van der Waals surface area contributed by atoms with Gasteiger partial charge in [-0.2, -0.15) is 5.10 Å². The van der Waals surface area contributed by atoms with Crippen molar-refractivity contribution in [3.8, 4) is 11.4 Å². The second-order valence-corrected chi connectivity index (χ2v) is 3.89. The van der Waals surface area contributed by atoms with Gasteiger partial charge in [0.15, 0.2) is 0 Å². The molecular weight excluding hydrogens is 202 g/mol. The van der Waals surface area contributed by atoms with Crippen molar-refractivity contribution in [1.29, 1.82) is 0 Å². The number of benzene rings is 1. The zero-order valence-electron chi connectivity index (χ0n) is 9.71. The molecule has 0 fully saturated rings. The molecule has 0 aliphatic heterocycles. The van der Waals surface area contributed by atoms with Gasteiger partial charge in [0.1, 0.15) is 24.1 Å². The van der Waals surface area contributed by atoms with E-state index in [9.17, 15) is 0 Å². The van der Waals surface area contributed by atoms with Gasteiger partial charge < -0.3 is 4.74 Å². The summed E-state index contributed by atoms with van der Waals surface area (Å²) in [5.74, 6) is 1.28. The van der Waals surface area contributed by atoms with Gasteiger partial charge in [-0.3, -0.25) is 0 Å². The van der Waals surface area contributed by atoms with Crippen LogP contribution in [0.1, 0.15) is 25.3 Å². The van der Waals surface area contributed by atoms with Crippen LogP contribution in [0.5, 0.6) is 5.75 Å². The number of aromatic nitrogens is 3. The van der Waals surface area contributed by atoms with Crippen LogP contribution in [0.3, 0.4) is 0 Å². The second-order valence-electron chi connectivity index (χ2n) is 3.89. The van der Waals surface area contributed by atoms with E-state index in [4.69, 9.17) is 4.74 Å². The zero-order valence-corrected chi connectivity index (χ0v) is 9.71. The molecule has 1 aromatic heterocycles. The van der Waals surface area contributed by atoms with Crippen LogP contribution in [0.15, 0.2) is 30.9 Å². The first kappa shape index (κ1) is 10.7. The third-order valence-electron chi connectivity index (χ3n) is 2.52. The summed E-state index contributed by atoms with van der Waals surface area (Å²) in [6.45, 7) is 4.28. The first-order valence-corrected chi connectivity index (χ1v) is 5.26. The predicted molar refractivity (Wildman–Crippen MR) is 62.0 cm³/mol. The van der Waals surface area contributed by atoms with Crippen molar-refractivity contribution in [3.05, 3.63) is 36.4 Å². The Balaban J connectivity index is 2.58. The Bertz CT molecular complexity index is 463. The maximum Gasteiger partial charge on any atom is 0.148 e. The molecule has 0 saturated heterocycles. The Labute approximate surface area is 94.9 Å². The largest absolute Gasteiger partial charge is 0.494 e. The Morgan fingerprint density at radius 1 is 1.31 bits per heavy atom. The van der Waals surface area contributed by atoms with Crippen molar-refractivity contribution < 1.29 is 4.74 Å². The summed E-state index contributed by atoms with van der Waals surface area (Å²) in [6.07, 6.45) is 3.18. The number of rotatable bonds is 3. The highest BCUT2D eigenvalue weighted by molar-refractivity contribution is 5.52. The molecule has 1 aromatic carbocycles. The fourth-order valence-electron chi connectivity index (χ4n) is 1.73. The van der Waals surface area contributed by atoms with Crippen LogP contribution in [-0.4, -0.2) is 21.9 Å². The summed E-state index contributed by atoms with van der Waals surface area (Å²) < 4.78 is 7.19. The third kappa shape index (κ3) is 1.78. The molecule has 0 aliphatic carbocycles. The molecule has 0 bridgehead atoms. The fraction of sp³-hybridized carbons (Fsp3) is 0.333. The van der Waals surface area contributed by atoms with Gasteiger partial charge >= 0.3 is 0 Å². The van der Waals surface area contributed by atoms with Crippen molar-refractivity contribution >= 4 is 0 Å². The van der Waals surface area contributed by atoms with E-state index >= 15 is 0 Å². The highest BCUT2D eigenvalue weighted by Gasteiger charge is 2.13. The van der Waals surface area contributed by atoms with Crippen molar-refractivity contribution in [2.75, 3.05) is 7.11 Å². The van der Waals surface area contributed by atoms with Crippen LogP contribution < -0.4 is 4.74 Å². The molecular formula is C12H15N3O. The van der Waals surface area contributed by atoms with Crippen molar-refractivity contribution in [2.45, 2.75) is 19.8 Å². The lowest BCUT2D eigenvalue weighted by molar-refractivity contribution is 0.404. The van der Waals surface area contributed by atoms with Crippen molar-refractivity contribution in [2.24, 2.45) is 0 Å². The Morgan fingerprint density at radius 3 is 2.69 bits per heavy atom. The summed E-state index contributed by atoms with van der Waals surface area (Å²) in [5.41, 5.74) is 2.10. The molecule has 0 amide bonds. The molecule has 84 valence electrons. The quantitative estimate of drug-likeness (QED) is 0.792. The summed E-state index contributed by atoms with van der Waals surface area (Å²) >= 11 is 0. The summed E-state index contributed by atoms with van der Waals surface area (Å²) in [4.78, 5) is 3.94. The molecule has 0 N–H and O–H groups in total. The highest BCUT2D eigenvalue weighted by atomic mass is 16.5. The summed E-state index contributed by atoms with van der Waals surface area (Å²) in [6, 6.07) is 6.05. The smallest absolute Gasteiger partial charge is 0.148 e. The lowest BCUT2D eigenvalue weighted by Gasteiger charge is -2.15. The molecule has 4 nitrogen and oxygen atoms in total. The third-order valence-corrected chi connectivity index (χ3v) is 2.52. The molecule has 0 atom stereocenters. The highest BCUT2D eigenvalue weighted by Crippen LogP contribution is 2.31. The Kier molecular flexibility index (Phi) is 2.90. The lowest BCUT2D eigenvalue weighted by Crippen LogP contribution is -2.02. The Hall–Kier alpha value is -1.84. The average Bonchev–Trinajstić information content (AvgIpc) is 2.81. The van der Waals surface area contributed by atoms with Gasteiger partial charge in [0.2, 0.25) is 0 Å². The topological polar surface area (TPSA) is 39.9 Å². The molecule has 0 unspecified atom stereocenters. The molecule has 4 heteroatoms. The molecule has 16 heavy (non-hydrogen) atoms. The monoisotopic (exact) mass is 217 g/mol. The van der Waals surface area contributed by atoms with Crippen LogP contribution in [0.25, 0.3) is 5.69 Å². The van der Waals surface area contributed by atoms with E-state index in [2.05, 4.69) is 30.0 Å². The van der Waals surface area contributed by atoms with Gasteiger partial charge in [-0.05, 0) is 17.5 Å². The molecule has 2 rings (SSSR count). The van der Waals surface area contributed by atoms with Crippen molar-refractivity contribution in [1.82, 2.24) is 14.8 Å². The van der Waals surface area contributed by atoms with E-state index in [0.717, 1.165) is 11.4 Å². The van der Waals surface area contributed by atoms with Gasteiger partial charge in [0.05, 0.1) is 7.11 Å². The first-order chi connectivity index (χ1) is 7.74. The number of para-hydroxylation sites is 1. The zero-order chi connectivity index (χ0) is 11.5. The van der Waals surface area contributed by atoms with Crippen LogP contribution in [0, 0.1) is 0 Å². The van der Waals surface area contributed by atoms with Gasteiger partial charge in [-0.25, -0.2) is 9.67 Å². The fourth-order valence-corrected chi connectivity index (χ4v) is 1.73. The number of hydrogen-bond donors (Lipinski definition) is 0. The maximum absolute atomic E-state index is 5.47. The number of ether oxygens (including phenoxy) is 1. The molecule has 0 saturated carbocycles. The van der Waals surface area contributed by atoms with Crippen LogP contribution >= 0.6 is 0 Å². The molecule has 2 aromatic rings. The minimum Gasteiger partial charge on any atom is -0.494 e. The minimum atomic E-state index is 0.415. The second kappa shape index (κ2) is 4.35. The van der Waals surface area contributed by atoms with Crippen LogP contribution in [-0.2, 0) is 0 Å². The molecule has 1 heterocycles. The first-order valence-electron chi connectivity index (χ1n) is 5.26. The normalized spacial score (nSPS) is 10.8. The SMILES string of the molecule is COc1c(C(C)C)cccc1-n1cncn1. The van der Waals surface area contributed by atoms with Gasteiger partial charge in [-0.1, -0.05) is 26.0 Å². The maximum atomic E-state index is 5.47. The number of hydrogen-bond acceptors (Lipinski definition) is 3. The molecule has 0 aliphatic rings. The average molecular weight is 217 g/mol. The molecule has 0 spiro atoms. The Morgan fingerprint density at radius 2 is 2.12 bits per heavy atom. The van der Waals surface area contributed by atoms with Crippen LogP contribution in [0.4, 0.5) is 0 Å². The minimum absolute atomic E-state index is 0.415. The van der Waals surface area contributed by atoms with E-state index in [1.807, 2.05) is 12.1 Å². The van der Waals surface area contributed by atoms with E-state index in [1.165, 1.54) is 11.9 Å². The van der Waals surface area contributed by atoms with E-state index in [0.29, 0.717) is 5.92 Å². The number of nitrogens with zero attached hydrogens (tertiary/aromatic N) is 3. The van der Waals surface area contributed by atoms with Gasteiger partial charge in [0, 0.05) is 0 Å². The number of methoxy groups -OCH3 is 1. The predicted octanol–water partition coefficient (Wildman–Crippen LogP) is 2.40. The summed E-state index contributed by atoms with van der Waals surface area (Å²) in [7, 11) is 1.68.